The van der Waals surface area contributed by atoms with Gasteiger partial charge in [0.2, 0.25) is 11.8 Å². The van der Waals surface area contributed by atoms with Crippen molar-refractivity contribution in [2.75, 3.05) is 13.1 Å². The largest absolute Gasteiger partial charge is 0.353 e. The minimum absolute atomic E-state index is 0.00765. The van der Waals surface area contributed by atoms with Crippen molar-refractivity contribution in [1.82, 2.24) is 14.4 Å². The summed E-state index contributed by atoms with van der Waals surface area (Å²) in [5.74, 6) is 0.281. The molecule has 0 N–H and O–H groups in total. The third-order valence-corrected chi connectivity index (χ3v) is 5.14. The second-order valence-corrected chi connectivity index (χ2v) is 8.22. The molecule has 154 valence electrons. The van der Waals surface area contributed by atoms with Gasteiger partial charge in [-0.3, -0.25) is 9.59 Å². The molecule has 0 spiro atoms. The van der Waals surface area contributed by atoms with E-state index in [1.54, 1.807) is 11.0 Å². The summed E-state index contributed by atoms with van der Waals surface area (Å²) >= 11 is 0. The van der Waals surface area contributed by atoms with E-state index in [9.17, 15) is 9.59 Å². The molecule has 0 unspecified atom stereocenters. The van der Waals surface area contributed by atoms with E-state index in [0.29, 0.717) is 19.0 Å². The topological polar surface area (TPSA) is 45.6 Å². The zero-order chi connectivity index (χ0) is 20.8. The fourth-order valence-electron chi connectivity index (χ4n) is 3.40. The summed E-state index contributed by atoms with van der Waals surface area (Å²) in [6.45, 7) is 5.60. The van der Waals surface area contributed by atoms with Gasteiger partial charge in [0.1, 0.15) is 6.54 Å². The maximum atomic E-state index is 13.1. The zero-order valence-corrected chi connectivity index (χ0v) is 17.6. The highest BCUT2D eigenvalue weighted by Gasteiger charge is 2.34. The summed E-state index contributed by atoms with van der Waals surface area (Å²) in [4.78, 5) is 29.6. The highest BCUT2D eigenvalue weighted by atomic mass is 16.2. The van der Waals surface area contributed by atoms with Crippen LogP contribution in [0.4, 0.5) is 0 Å². The van der Waals surface area contributed by atoms with Crippen LogP contribution in [0.25, 0.3) is 6.08 Å². The maximum Gasteiger partial charge on any atom is 0.247 e. The Bertz CT molecular complexity index is 850. The summed E-state index contributed by atoms with van der Waals surface area (Å²) in [6.07, 6.45) is 7.34. The average Bonchev–Trinajstić information content (AvgIpc) is 3.46. The zero-order valence-electron chi connectivity index (χ0n) is 17.6. The van der Waals surface area contributed by atoms with Gasteiger partial charge in [0.15, 0.2) is 0 Å². The van der Waals surface area contributed by atoms with Gasteiger partial charge in [-0.25, -0.2) is 0 Å². The first-order chi connectivity index (χ1) is 13.9. The van der Waals surface area contributed by atoms with Crippen LogP contribution in [0.3, 0.4) is 0 Å². The molecular formula is C24H31N3O2. The molecule has 1 saturated carbocycles. The highest BCUT2D eigenvalue weighted by Crippen LogP contribution is 2.27. The molecule has 0 atom stereocenters. The van der Waals surface area contributed by atoms with E-state index >= 15 is 0 Å². The molecule has 1 heterocycles. The maximum absolute atomic E-state index is 13.1. The Kier molecular flexibility index (Phi) is 6.91. The predicted molar refractivity (Wildman–Crippen MR) is 116 cm³/mol. The van der Waals surface area contributed by atoms with Crippen LogP contribution < -0.4 is 0 Å². The second-order valence-electron chi connectivity index (χ2n) is 8.22. The summed E-state index contributed by atoms with van der Waals surface area (Å²) < 4.78 is 2.03. The lowest BCUT2D eigenvalue weighted by molar-refractivity contribution is -0.139. The van der Waals surface area contributed by atoms with Crippen molar-refractivity contribution in [3.63, 3.8) is 0 Å². The van der Waals surface area contributed by atoms with Crippen molar-refractivity contribution in [3.8, 4) is 0 Å². The average molecular weight is 394 g/mol. The Balaban J connectivity index is 1.68. The Morgan fingerprint density at radius 3 is 2.45 bits per heavy atom. The van der Waals surface area contributed by atoms with Gasteiger partial charge in [-0.15, -0.1) is 0 Å². The van der Waals surface area contributed by atoms with Crippen LogP contribution in [0.1, 0.15) is 37.9 Å². The van der Waals surface area contributed by atoms with Crippen LogP contribution in [-0.2, 0) is 23.2 Å². The molecule has 1 aromatic carbocycles. The smallest absolute Gasteiger partial charge is 0.247 e. The highest BCUT2D eigenvalue weighted by molar-refractivity contribution is 5.94. The lowest BCUT2D eigenvalue weighted by Gasteiger charge is -2.28. The van der Waals surface area contributed by atoms with Crippen molar-refractivity contribution in [2.45, 2.75) is 39.3 Å². The molecule has 1 aliphatic carbocycles. The van der Waals surface area contributed by atoms with E-state index in [1.807, 2.05) is 71.3 Å². The third-order valence-electron chi connectivity index (χ3n) is 5.14. The lowest BCUT2D eigenvalue weighted by atomic mass is 10.2. The number of carbonyl (C=O) groups is 2. The van der Waals surface area contributed by atoms with Gasteiger partial charge in [0, 0.05) is 37.6 Å². The van der Waals surface area contributed by atoms with Gasteiger partial charge in [-0.2, -0.15) is 0 Å². The number of nitrogens with zero attached hydrogens (tertiary/aromatic N) is 3. The van der Waals surface area contributed by atoms with Crippen LogP contribution >= 0.6 is 0 Å². The predicted octanol–water partition coefficient (Wildman–Crippen LogP) is 3.71. The molecule has 5 heteroatoms. The number of aromatic nitrogens is 1. The van der Waals surface area contributed by atoms with Crippen LogP contribution in [0.5, 0.6) is 0 Å². The molecule has 0 bridgehead atoms. The van der Waals surface area contributed by atoms with Gasteiger partial charge < -0.3 is 14.4 Å². The van der Waals surface area contributed by atoms with Crippen LogP contribution in [0.2, 0.25) is 0 Å². The lowest BCUT2D eigenvalue weighted by Crippen LogP contribution is -2.44. The normalized spacial score (nSPS) is 13.8. The molecule has 0 radical (unpaired) electrons. The van der Waals surface area contributed by atoms with Crippen molar-refractivity contribution in [3.05, 3.63) is 66.0 Å². The van der Waals surface area contributed by atoms with E-state index in [2.05, 4.69) is 13.8 Å². The van der Waals surface area contributed by atoms with Gasteiger partial charge >= 0.3 is 0 Å². The SMILES string of the molecule is CC(C)CN(Cc1cccn1C)C(=O)CN(C(=O)C=Cc1ccccc1)C1CC1. The minimum Gasteiger partial charge on any atom is -0.353 e. The number of hydrogen-bond acceptors (Lipinski definition) is 2. The molecule has 2 aromatic rings. The van der Waals surface area contributed by atoms with Crippen LogP contribution in [-0.4, -0.2) is 45.3 Å². The van der Waals surface area contributed by atoms with Gasteiger partial charge in [0.25, 0.3) is 0 Å². The Morgan fingerprint density at radius 1 is 1.14 bits per heavy atom. The Hall–Kier alpha value is -2.82. The van der Waals surface area contributed by atoms with Crippen molar-refractivity contribution in [1.29, 1.82) is 0 Å². The van der Waals surface area contributed by atoms with E-state index < -0.39 is 0 Å². The summed E-state index contributed by atoms with van der Waals surface area (Å²) in [7, 11) is 1.99. The monoisotopic (exact) mass is 393 g/mol. The first kappa shape index (κ1) is 20.9. The third kappa shape index (κ3) is 6.08. The van der Waals surface area contributed by atoms with Crippen molar-refractivity contribution in [2.24, 2.45) is 13.0 Å². The number of aryl methyl sites for hydroxylation is 1. The van der Waals surface area contributed by atoms with Gasteiger partial charge in [0.05, 0.1) is 6.54 Å². The van der Waals surface area contributed by atoms with Crippen molar-refractivity contribution < 1.29 is 9.59 Å². The number of benzene rings is 1. The fraction of sp³-hybridized carbons (Fsp3) is 0.417. The Labute approximate surface area is 173 Å². The molecule has 1 fully saturated rings. The first-order valence-corrected chi connectivity index (χ1v) is 10.4. The van der Waals surface area contributed by atoms with E-state index in [0.717, 1.165) is 24.1 Å². The van der Waals surface area contributed by atoms with Crippen molar-refractivity contribution >= 4 is 17.9 Å². The van der Waals surface area contributed by atoms with Crippen LogP contribution in [0, 0.1) is 5.92 Å². The first-order valence-electron chi connectivity index (χ1n) is 10.4. The number of carbonyl (C=O) groups excluding carboxylic acids is 2. The van der Waals surface area contributed by atoms with E-state index in [-0.39, 0.29) is 24.4 Å². The Morgan fingerprint density at radius 2 is 1.86 bits per heavy atom. The van der Waals surface area contributed by atoms with E-state index in [4.69, 9.17) is 0 Å². The number of rotatable bonds is 9. The molecule has 0 aliphatic heterocycles. The number of hydrogen-bond donors (Lipinski definition) is 0. The van der Waals surface area contributed by atoms with Gasteiger partial charge in [-0.1, -0.05) is 44.2 Å². The molecule has 1 aliphatic rings. The molecule has 0 saturated heterocycles. The quantitative estimate of drug-likeness (QED) is 0.610. The molecule has 1 aromatic heterocycles. The summed E-state index contributed by atoms with van der Waals surface area (Å²) in [6, 6.07) is 14.0. The molecule has 2 amide bonds. The summed E-state index contributed by atoms with van der Waals surface area (Å²) in [5, 5.41) is 0. The standard InChI is InChI=1S/C24H31N3O2/c1-19(2)16-26(17-22-10-7-15-25(22)3)24(29)18-27(21-12-13-21)23(28)14-11-20-8-5-4-6-9-20/h4-11,14-15,19,21H,12-13,16-18H2,1-3H3. The fourth-order valence-corrected chi connectivity index (χ4v) is 3.40. The summed E-state index contributed by atoms with van der Waals surface area (Å²) in [5.41, 5.74) is 2.07. The van der Waals surface area contributed by atoms with E-state index in [1.165, 1.54) is 0 Å². The van der Waals surface area contributed by atoms with Gasteiger partial charge in [-0.05, 0) is 42.5 Å². The molecule has 5 nitrogen and oxygen atoms in total. The molecular weight excluding hydrogens is 362 g/mol. The molecule has 29 heavy (non-hydrogen) atoms. The second kappa shape index (κ2) is 9.59. The molecule has 3 rings (SSSR count). The minimum atomic E-state index is -0.0898. The van der Waals surface area contributed by atoms with Crippen LogP contribution in [0.15, 0.2) is 54.7 Å². The number of amides is 2.